The molecule has 6 nitrogen and oxygen atoms in total. The number of rotatable bonds is 9. The van der Waals surface area contributed by atoms with E-state index in [4.69, 9.17) is 9.47 Å². The van der Waals surface area contributed by atoms with Gasteiger partial charge in [0.2, 0.25) is 0 Å². The lowest BCUT2D eigenvalue weighted by Crippen LogP contribution is -2.31. The SMILES string of the molecule is CCOCCOC(=O)c1ccc(C)c(S(=O)(=O)N(CC)c2ccccc2)c1. The average molecular weight is 391 g/mol. The van der Waals surface area contributed by atoms with Crippen LogP contribution >= 0.6 is 0 Å². The van der Waals surface area contributed by atoms with Crippen molar-refractivity contribution in [2.45, 2.75) is 25.7 Å². The second kappa shape index (κ2) is 9.53. The Morgan fingerprint density at radius 1 is 1.04 bits per heavy atom. The van der Waals surface area contributed by atoms with Crippen LogP contribution in [0.15, 0.2) is 53.4 Å². The van der Waals surface area contributed by atoms with Crippen LogP contribution in [0.25, 0.3) is 0 Å². The smallest absolute Gasteiger partial charge is 0.338 e. The summed E-state index contributed by atoms with van der Waals surface area (Å²) in [5.74, 6) is -0.575. The van der Waals surface area contributed by atoms with Gasteiger partial charge in [0, 0.05) is 13.2 Å². The topological polar surface area (TPSA) is 72.9 Å². The first-order valence-electron chi connectivity index (χ1n) is 8.85. The maximum Gasteiger partial charge on any atom is 0.338 e. The zero-order chi connectivity index (χ0) is 19.9. The summed E-state index contributed by atoms with van der Waals surface area (Å²) < 4.78 is 38.0. The number of benzene rings is 2. The minimum atomic E-state index is -3.82. The first-order valence-corrected chi connectivity index (χ1v) is 10.3. The van der Waals surface area contributed by atoms with Crippen molar-refractivity contribution in [2.75, 3.05) is 30.7 Å². The Kier molecular flexibility index (Phi) is 7.38. The Labute approximate surface area is 160 Å². The van der Waals surface area contributed by atoms with Gasteiger partial charge in [-0.2, -0.15) is 0 Å². The summed E-state index contributed by atoms with van der Waals surface area (Å²) >= 11 is 0. The Morgan fingerprint density at radius 2 is 1.74 bits per heavy atom. The second-order valence-corrected chi connectivity index (χ2v) is 7.65. The van der Waals surface area contributed by atoms with Crippen LogP contribution in [0.2, 0.25) is 0 Å². The number of carbonyl (C=O) groups excluding carboxylic acids is 1. The van der Waals surface area contributed by atoms with E-state index in [1.165, 1.54) is 10.4 Å². The first kappa shape index (κ1) is 20.9. The standard InChI is InChI=1S/C20H25NO5S/c1-4-21(18-9-7-6-8-10-18)27(23,24)19-15-17(12-11-16(19)3)20(22)26-14-13-25-5-2/h6-12,15H,4-5,13-14H2,1-3H3. The molecule has 27 heavy (non-hydrogen) atoms. The Balaban J connectivity index is 2.32. The number of sulfonamides is 1. The van der Waals surface area contributed by atoms with E-state index in [2.05, 4.69) is 0 Å². The molecule has 2 aromatic rings. The van der Waals surface area contributed by atoms with E-state index in [1.54, 1.807) is 50.2 Å². The summed E-state index contributed by atoms with van der Waals surface area (Å²) in [5, 5.41) is 0. The quantitative estimate of drug-likeness (QED) is 0.484. The summed E-state index contributed by atoms with van der Waals surface area (Å²) in [7, 11) is -3.82. The van der Waals surface area contributed by atoms with E-state index < -0.39 is 16.0 Å². The number of ether oxygens (including phenoxy) is 2. The fourth-order valence-corrected chi connectivity index (χ4v) is 4.36. The highest BCUT2D eigenvalue weighted by Crippen LogP contribution is 2.26. The predicted octanol–water partition coefficient (Wildman–Crippen LogP) is 3.40. The molecule has 7 heteroatoms. The minimum absolute atomic E-state index is 0.0902. The molecule has 0 heterocycles. The first-order chi connectivity index (χ1) is 12.9. The van der Waals surface area contributed by atoms with Gasteiger partial charge in [0.1, 0.15) is 6.61 Å². The van der Waals surface area contributed by atoms with Crippen molar-refractivity contribution < 1.29 is 22.7 Å². The molecule has 0 N–H and O–H groups in total. The molecule has 0 amide bonds. The highest BCUT2D eigenvalue weighted by molar-refractivity contribution is 7.92. The maximum absolute atomic E-state index is 13.2. The second-order valence-electron chi connectivity index (χ2n) is 5.82. The number of nitrogens with zero attached hydrogens (tertiary/aromatic N) is 1. The van der Waals surface area contributed by atoms with Crippen molar-refractivity contribution in [1.29, 1.82) is 0 Å². The fourth-order valence-electron chi connectivity index (χ4n) is 2.63. The summed E-state index contributed by atoms with van der Waals surface area (Å²) in [6.07, 6.45) is 0. The average Bonchev–Trinajstić information content (AvgIpc) is 2.66. The van der Waals surface area contributed by atoms with Crippen LogP contribution in [-0.4, -0.2) is 40.8 Å². The summed E-state index contributed by atoms with van der Waals surface area (Å²) in [4.78, 5) is 12.3. The molecule has 0 atom stereocenters. The Bertz CT molecular complexity index is 865. The van der Waals surface area contributed by atoms with Crippen LogP contribution in [0.3, 0.4) is 0 Å². The number of esters is 1. The molecule has 0 radical (unpaired) electrons. The summed E-state index contributed by atoms with van der Waals surface area (Å²) in [5.41, 5.74) is 1.33. The van der Waals surface area contributed by atoms with Crippen molar-refractivity contribution in [3.05, 3.63) is 59.7 Å². The van der Waals surface area contributed by atoms with E-state index in [-0.39, 0.29) is 23.6 Å². The van der Waals surface area contributed by atoms with Crippen molar-refractivity contribution in [3.8, 4) is 0 Å². The van der Waals surface area contributed by atoms with E-state index in [9.17, 15) is 13.2 Å². The van der Waals surface area contributed by atoms with Crippen LogP contribution in [0.5, 0.6) is 0 Å². The van der Waals surface area contributed by atoms with E-state index in [1.807, 2.05) is 13.0 Å². The zero-order valence-corrected chi connectivity index (χ0v) is 16.7. The number of aryl methyl sites for hydroxylation is 1. The molecule has 0 fully saturated rings. The van der Waals surface area contributed by atoms with Crippen molar-refractivity contribution in [3.63, 3.8) is 0 Å². The van der Waals surface area contributed by atoms with Gasteiger partial charge in [-0.1, -0.05) is 24.3 Å². The molecule has 0 aliphatic rings. The predicted molar refractivity (Wildman–Crippen MR) is 105 cm³/mol. The van der Waals surface area contributed by atoms with Gasteiger partial charge in [0.25, 0.3) is 10.0 Å². The van der Waals surface area contributed by atoms with Crippen molar-refractivity contribution in [2.24, 2.45) is 0 Å². The number of hydrogen-bond acceptors (Lipinski definition) is 5. The van der Waals surface area contributed by atoms with Gasteiger partial charge in [-0.3, -0.25) is 4.31 Å². The Morgan fingerprint density at radius 3 is 2.37 bits per heavy atom. The van der Waals surface area contributed by atoms with Gasteiger partial charge in [-0.15, -0.1) is 0 Å². The molecule has 0 unspecified atom stereocenters. The third-order valence-electron chi connectivity index (χ3n) is 3.99. The molecular formula is C20H25NO5S. The van der Waals surface area contributed by atoms with Crippen LogP contribution in [0, 0.1) is 6.92 Å². The summed E-state index contributed by atoms with van der Waals surface area (Å²) in [6, 6.07) is 13.4. The lowest BCUT2D eigenvalue weighted by Gasteiger charge is -2.24. The number of para-hydroxylation sites is 1. The van der Waals surface area contributed by atoms with Gasteiger partial charge in [0.15, 0.2) is 0 Å². The third kappa shape index (κ3) is 5.08. The van der Waals surface area contributed by atoms with Gasteiger partial charge in [0.05, 0.1) is 22.8 Å². The van der Waals surface area contributed by atoms with Crippen molar-refractivity contribution in [1.82, 2.24) is 0 Å². The van der Waals surface area contributed by atoms with E-state index in [0.717, 1.165) is 0 Å². The van der Waals surface area contributed by atoms with Gasteiger partial charge >= 0.3 is 5.97 Å². The molecule has 0 aliphatic heterocycles. The number of carbonyl (C=O) groups is 1. The van der Waals surface area contributed by atoms with E-state index >= 15 is 0 Å². The van der Waals surface area contributed by atoms with Gasteiger partial charge in [-0.25, -0.2) is 13.2 Å². The third-order valence-corrected chi connectivity index (χ3v) is 6.03. The fraction of sp³-hybridized carbons (Fsp3) is 0.350. The monoisotopic (exact) mass is 391 g/mol. The summed E-state index contributed by atoms with van der Waals surface area (Å²) in [6.45, 7) is 6.56. The molecule has 0 spiro atoms. The molecule has 2 rings (SSSR count). The number of hydrogen-bond donors (Lipinski definition) is 0. The van der Waals surface area contributed by atoms with Crippen LogP contribution in [0.1, 0.15) is 29.8 Å². The molecule has 0 aromatic heterocycles. The lowest BCUT2D eigenvalue weighted by molar-refractivity contribution is 0.0335. The molecule has 146 valence electrons. The molecule has 0 bridgehead atoms. The molecular weight excluding hydrogens is 366 g/mol. The van der Waals surface area contributed by atoms with Crippen LogP contribution in [-0.2, 0) is 19.5 Å². The largest absolute Gasteiger partial charge is 0.460 e. The van der Waals surface area contributed by atoms with Crippen molar-refractivity contribution >= 4 is 21.7 Å². The van der Waals surface area contributed by atoms with Crippen LogP contribution < -0.4 is 4.31 Å². The van der Waals surface area contributed by atoms with E-state index in [0.29, 0.717) is 24.5 Å². The molecule has 0 saturated carbocycles. The molecule has 0 aliphatic carbocycles. The number of anilines is 1. The minimum Gasteiger partial charge on any atom is -0.460 e. The lowest BCUT2D eigenvalue weighted by atomic mass is 10.1. The van der Waals surface area contributed by atoms with Gasteiger partial charge < -0.3 is 9.47 Å². The van der Waals surface area contributed by atoms with Gasteiger partial charge in [-0.05, 0) is 50.6 Å². The van der Waals surface area contributed by atoms with Crippen LogP contribution in [0.4, 0.5) is 5.69 Å². The molecule has 2 aromatic carbocycles. The highest BCUT2D eigenvalue weighted by atomic mass is 32.2. The zero-order valence-electron chi connectivity index (χ0n) is 15.8. The highest BCUT2D eigenvalue weighted by Gasteiger charge is 2.26. The normalized spacial score (nSPS) is 11.2. The maximum atomic E-state index is 13.2. The molecule has 0 saturated heterocycles. The Hall–Kier alpha value is -2.38.